The molecule has 1 aliphatic carbocycles. The van der Waals surface area contributed by atoms with Crippen molar-refractivity contribution in [3.63, 3.8) is 0 Å². The molecule has 20 heavy (non-hydrogen) atoms. The summed E-state index contributed by atoms with van der Waals surface area (Å²) in [5.74, 6) is 0.771. The minimum Gasteiger partial charge on any atom is -0.333 e. The number of carbonyl (C=O) groups excluding carboxylic acids is 1. The number of rotatable bonds is 5. The van der Waals surface area contributed by atoms with Crippen molar-refractivity contribution in [3.8, 4) is 0 Å². The van der Waals surface area contributed by atoms with Crippen LogP contribution >= 0.6 is 11.3 Å². The molecule has 0 radical (unpaired) electrons. The monoisotopic (exact) mass is 292 g/mol. The highest BCUT2D eigenvalue weighted by Gasteiger charge is 2.37. The van der Waals surface area contributed by atoms with Crippen LogP contribution < -0.4 is 5.32 Å². The number of amides is 1. The number of hydrogen-bond acceptors (Lipinski definition) is 3. The number of piperidine rings is 1. The van der Waals surface area contributed by atoms with Gasteiger partial charge in [0.15, 0.2) is 0 Å². The van der Waals surface area contributed by atoms with Crippen LogP contribution in [-0.4, -0.2) is 29.4 Å². The maximum Gasteiger partial charge on any atom is 0.240 e. The molecule has 2 fully saturated rings. The van der Waals surface area contributed by atoms with E-state index >= 15 is 0 Å². The molecule has 1 saturated carbocycles. The predicted molar refractivity (Wildman–Crippen MR) is 82.8 cm³/mol. The van der Waals surface area contributed by atoms with E-state index in [1.165, 1.54) is 17.7 Å². The number of thiophene rings is 1. The third kappa shape index (κ3) is 2.91. The largest absolute Gasteiger partial charge is 0.333 e. The zero-order valence-electron chi connectivity index (χ0n) is 12.3. The Morgan fingerprint density at radius 2 is 2.15 bits per heavy atom. The molecule has 1 aromatic heterocycles. The van der Waals surface area contributed by atoms with Crippen LogP contribution in [0.5, 0.6) is 0 Å². The van der Waals surface area contributed by atoms with Crippen molar-refractivity contribution in [1.29, 1.82) is 0 Å². The first-order chi connectivity index (χ1) is 9.66. The molecule has 1 aliphatic heterocycles. The van der Waals surface area contributed by atoms with E-state index in [1.54, 1.807) is 11.3 Å². The molecule has 4 heteroatoms. The summed E-state index contributed by atoms with van der Waals surface area (Å²) in [6.07, 6.45) is 4.59. The van der Waals surface area contributed by atoms with Gasteiger partial charge in [0.05, 0.1) is 12.1 Å². The summed E-state index contributed by atoms with van der Waals surface area (Å²) < 4.78 is 0. The van der Waals surface area contributed by atoms with E-state index in [9.17, 15) is 4.79 Å². The van der Waals surface area contributed by atoms with Crippen molar-refractivity contribution >= 4 is 17.2 Å². The molecule has 110 valence electrons. The first kappa shape index (κ1) is 14.1. The molecule has 0 aromatic carbocycles. The molecule has 2 atom stereocenters. The van der Waals surface area contributed by atoms with Crippen molar-refractivity contribution in [1.82, 2.24) is 10.2 Å². The summed E-state index contributed by atoms with van der Waals surface area (Å²) >= 11 is 1.77. The minimum atomic E-state index is 0.0532. The third-order valence-corrected chi connectivity index (χ3v) is 5.23. The van der Waals surface area contributed by atoms with Crippen LogP contribution in [0.1, 0.15) is 50.4 Å². The van der Waals surface area contributed by atoms with Gasteiger partial charge in [0.1, 0.15) is 0 Å². The normalized spacial score (nSPS) is 25.2. The van der Waals surface area contributed by atoms with Gasteiger partial charge in [-0.15, -0.1) is 11.3 Å². The topological polar surface area (TPSA) is 32.3 Å². The van der Waals surface area contributed by atoms with Crippen LogP contribution in [0.3, 0.4) is 0 Å². The van der Waals surface area contributed by atoms with Crippen LogP contribution in [0.25, 0.3) is 0 Å². The van der Waals surface area contributed by atoms with E-state index < -0.39 is 0 Å². The summed E-state index contributed by atoms with van der Waals surface area (Å²) in [7, 11) is 0. The summed E-state index contributed by atoms with van der Waals surface area (Å²) in [6.45, 7) is 5.34. The van der Waals surface area contributed by atoms with Crippen LogP contribution in [0, 0.1) is 5.92 Å². The first-order valence-corrected chi connectivity index (χ1v) is 8.64. The Bertz CT molecular complexity index is 453. The van der Waals surface area contributed by atoms with Gasteiger partial charge in [-0.2, -0.15) is 0 Å². The summed E-state index contributed by atoms with van der Waals surface area (Å²) in [6, 6.07) is 5.15. The zero-order chi connectivity index (χ0) is 14.1. The summed E-state index contributed by atoms with van der Waals surface area (Å²) in [4.78, 5) is 16.2. The fraction of sp³-hybridized carbons (Fsp3) is 0.688. The molecular formula is C16H24N2OS. The maximum absolute atomic E-state index is 12.8. The Morgan fingerprint density at radius 1 is 1.35 bits per heavy atom. The van der Waals surface area contributed by atoms with Crippen molar-refractivity contribution in [2.45, 2.75) is 57.7 Å². The maximum atomic E-state index is 12.8. The molecule has 1 saturated heterocycles. The third-order valence-electron chi connectivity index (χ3n) is 4.29. The van der Waals surface area contributed by atoms with Gasteiger partial charge in [0.2, 0.25) is 5.91 Å². The molecule has 1 N–H and O–H groups in total. The number of likely N-dealkylation sites (tertiary alicyclic amines) is 1. The molecule has 1 amide bonds. The van der Waals surface area contributed by atoms with Gasteiger partial charge in [-0.05, 0) is 43.0 Å². The second-order valence-corrected chi connectivity index (χ2v) is 7.35. The molecule has 2 heterocycles. The zero-order valence-corrected chi connectivity index (χ0v) is 13.2. The van der Waals surface area contributed by atoms with Gasteiger partial charge in [-0.25, -0.2) is 0 Å². The Labute approximate surface area is 125 Å². The quantitative estimate of drug-likeness (QED) is 0.904. The highest BCUT2D eigenvalue weighted by Crippen LogP contribution is 2.34. The number of carbonyl (C=O) groups is 1. The molecule has 0 spiro atoms. The van der Waals surface area contributed by atoms with E-state index in [0.717, 1.165) is 19.4 Å². The van der Waals surface area contributed by atoms with Crippen molar-refractivity contribution < 1.29 is 4.79 Å². The van der Waals surface area contributed by atoms with Crippen LogP contribution in [0.2, 0.25) is 0 Å². The standard InChI is InChI=1S/C16H24N2OS/c1-11(2)15(14-6-4-10-20-14)18-9-3-5-13(16(18)19)17-12-7-8-12/h4,6,10-13,15,17H,3,5,7-9H2,1-2H3. The van der Waals surface area contributed by atoms with Crippen LogP contribution in [0.4, 0.5) is 0 Å². The lowest BCUT2D eigenvalue weighted by atomic mass is 9.95. The minimum absolute atomic E-state index is 0.0532. The number of nitrogens with one attached hydrogen (secondary N) is 1. The van der Waals surface area contributed by atoms with E-state index in [0.29, 0.717) is 17.9 Å². The molecule has 3 rings (SSSR count). The van der Waals surface area contributed by atoms with Crippen LogP contribution in [0.15, 0.2) is 17.5 Å². The predicted octanol–water partition coefficient (Wildman–Crippen LogP) is 3.19. The van der Waals surface area contributed by atoms with E-state index in [1.807, 2.05) is 0 Å². The molecular weight excluding hydrogens is 268 g/mol. The van der Waals surface area contributed by atoms with Gasteiger partial charge in [0.25, 0.3) is 0 Å². The Hall–Kier alpha value is -0.870. The van der Waals surface area contributed by atoms with Gasteiger partial charge in [-0.3, -0.25) is 4.79 Å². The molecule has 1 aromatic rings. The SMILES string of the molecule is CC(C)C(c1cccs1)N1CCCC(NC2CC2)C1=O. The van der Waals surface area contributed by atoms with Gasteiger partial charge in [0, 0.05) is 17.5 Å². The van der Waals surface area contributed by atoms with E-state index in [-0.39, 0.29) is 12.1 Å². The first-order valence-electron chi connectivity index (χ1n) is 7.76. The van der Waals surface area contributed by atoms with Crippen molar-refractivity contribution in [2.24, 2.45) is 5.92 Å². The average Bonchev–Trinajstić information content (AvgIpc) is 3.07. The molecule has 0 bridgehead atoms. The molecule has 2 aliphatic rings. The smallest absolute Gasteiger partial charge is 0.240 e. The second kappa shape index (κ2) is 5.86. The van der Waals surface area contributed by atoms with E-state index in [2.05, 4.69) is 41.6 Å². The lowest BCUT2D eigenvalue weighted by Gasteiger charge is -2.40. The average molecular weight is 292 g/mol. The van der Waals surface area contributed by atoms with Gasteiger partial charge >= 0.3 is 0 Å². The van der Waals surface area contributed by atoms with E-state index in [4.69, 9.17) is 0 Å². The van der Waals surface area contributed by atoms with Crippen molar-refractivity contribution in [2.75, 3.05) is 6.54 Å². The Kier molecular flexibility index (Phi) is 4.13. The van der Waals surface area contributed by atoms with Gasteiger partial charge < -0.3 is 10.2 Å². The number of nitrogens with zero attached hydrogens (tertiary/aromatic N) is 1. The second-order valence-electron chi connectivity index (χ2n) is 6.37. The van der Waals surface area contributed by atoms with Gasteiger partial charge in [-0.1, -0.05) is 19.9 Å². The summed E-state index contributed by atoms with van der Waals surface area (Å²) in [5, 5.41) is 5.63. The Morgan fingerprint density at radius 3 is 2.75 bits per heavy atom. The van der Waals surface area contributed by atoms with Crippen LogP contribution in [-0.2, 0) is 4.79 Å². The molecule has 3 nitrogen and oxygen atoms in total. The fourth-order valence-corrected chi connectivity index (χ4v) is 4.18. The molecule has 2 unspecified atom stereocenters. The van der Waals surface area contributed by atoms with Crippen molar-refractivity contribution in [3.05, 3.63) is 22.4 Å². The summed E-state index contributed by atoms with van der Waals surface area (Å²) in [5.41, 5.74) is 0. The number of hydrogen-bond donors (Lipinski definition) is 1. The fourth-order valence-electron chi connectivity index (χ4n) is 3.17. The lowest BCUT2D eigenvalue weighted by Crippen LogP contribution is -2.53. The highest BCUT2D eigenvalue weighted by molar-refractivity contribution is 7.10. The highest BCUT2D eigenvalue weighted by atomic mass is 32.1. The lowest BCUT2D eigenvalue weighted by molar-refractivity contribution is -0.139. The Balaban J connectivity index is 1.77.